The minimum Gasteiger partial charge on any atom is -0.497 e. The van der Waals surface area contributed by atoms with Crippen LogP contribution in [0.4, 0.5) is 0 Å². The summed E-state index contributed by atoms with van der Waals surface area (Å²) in [5.41, 5.74) is -0.650. The number of aliphatic hydroxyl groups is 2. The molecule has 0 radical (unpaired) electrons. The Morgan fingerprint density at radius 2 is 1.86 bits per heavy atom. The van der Waals surface area contributed by atoms with E-state index in [2.05, 4.69) is 17.2 Å². The van der Waals surface area contributed by atoms with E-state index in [9.17, 15) is 39.3 Å². The zero-order valence-corrected chi connectivity index (χ0v) is 28.3. The van der Waals surface area contributed by atoms with Crippen LogP contribution in [0.2, 0.25) is 0 Å². The number of hydrogen-bond donors (Lipinski definition) is 5. The summed E-state index contributed by atoms with van der Waals surface area (Å²) in [6, 6.07) is 5.17. The van der Waals surface area contributed by atoms with Gasteiger partial charge in [0, 0.05) is 35.7 Å². The Hall–Kier alpha value is -4.03. The third-order valence-corrected chi connectivity index (χ3v) is 12.5. The molecule has 6 rings (SSSR count). The van der Waals surface area contributed by atoms with Crippen molar-refractivity contribution in [3.05, 3.63) is 41.1 Å². The molecule has 0 spiro atoms. The molecule has 3 saturated carbocycles. The lowest BCUT2D eigenvalue weighted by atomic mass is 9.45. The first kappa shape index (κ1) is 34.8. The fourth-order valence-corrected chi connectivity index (χ4v) is 9.91. The van der Waals surface area contributed by atoms with Crippen LogP contribution in [0.3, 0.4) is 0 Å². The van der Waals surface area contributed by atoms with Crippen LogP contribution in [0.1, 0.15) is 87.7 Å². The number of rotatable bonds is 11. The first-order chi connectivity index (χ1) is 23.2. The number of H-pyrrole nitrogens is 1. The van der Waals surface area contributed by atoms with Gasteiger partial charge in [0.05, 0.1) is 19.6 Å². The van der Waals surface area contributed by atoms with E-state index in [0.717, 1.165) is 18.4 Å². The lowest BCUT2D eigenvalue weighted by Crippen LogP contribution is -2.62. The van der Waals surface area contributed by atoms with Crippen LogP contribution in [0, 0.1) is 28.6 Å². The molecule has 1 heterocycles. The second-order valence-electron chi connectivity index (χ2n) is 14.9. The quantitative estimate of drug-likeness (QED) is 0.219. The molecule has 7 atom stereocenters. The van der Waals surface area contributed by atoms with Crippen molar-refractivity contribution in [1.82, 2.24) is 10.3 Å². The number of aromatic carboxylic acids is 1. The molecule has 49 heavy (non-hydrogen) atoms. The summed E-state index contributed by atoms with van der Waals surface area (Å²) < 4.78 is 10.5. The number of methoxy groups -OCH3 is 1. The number of aliphatic hydroxyl groups excluding tert-OH is 1. The van der Waals surface area contributed by atoms with E-state index < -0.39 is 47.4 Å². The third-order valence-electron chi connectivity index (χ3n) is 12.5. The normalized spacial score (nSPS) is 32.0. The maximum absolute atomic E-state index is 13.5. The van der Waals surface area contributed by atoms with E-state index in [4.69, 9.17) is 9.47 Å². The van der Waals surface area contributed by atoms with Crippen molar-refractivity contribution in [3.63, 3.8) is 0 Å². The van der Waals surface area contributed by atoms with Crippen LogP contribution in [0.15, 0.2) is 29.8 Å². The third kappa shape index (κ3) is 5.96. The lowest BCUT2D eigenvalue weighted by Gasteiger charge is -2.60. The number of nitrogens with one attached hydrogen (secondary N) is 2. The molecule has 1 aromatic carbocycles. The fraction of sp³-hybridized carbons (Fsp3) is 0.595. The molecule has 4 aliphatic carbocycles. The Bertz CT molecular complexity index is 1730. The lowest BCUT2D eigenvalue weighted by molar-refractivity contribution is -0.184. The van der Waals surface area contributed by atoms with Crippen LogP contribution in [-0.4, -0.2) is 81.7 Å². The number of ketones is 2. The highest BCUT2D eigenvalue weighted by atomic mass is 16.5. The number of esters is 1. The average molecular weight is 679 g/mol. The van der Waals surface area contributed by atoms with Crippen LogP contribution >= 0.6 is 0 Å². The van der Waals surface area contributed by atoms with Crippen molar-refractivity contribution < 1.29 is 48.8 Å². The predicted molar refractivity (Wildman–Crippen MR) is 177 cm³/mol. The number of carbonyl (C=O) groups excluding carboxylic acids is 4. The smallest absolute Gasteiger partial charge is 0.352 e. The highest BCUT2D eigenvalue weighted by Crippen LogP contribution is 2.67. The molecule has 1 aromatic heterocycles. The van der Waals surface area contributed by atoms with Gasteiger partial charge in [-0.2, -0.15) is 0 Å². The molecular formula is C37H46N2O10. The average Bonchev–Trinajstić information content (AvgIpc) is 3.56. The van der Waals surface area contributed by atoms with Crippen LogP contribution in [0.25, 0.3) is 10.9 Å². The van der Waals surface area contributed by atoms with E-state index in [0.29, 0.717) is 41.5 Å². The second-order valence-corrected chi connectivity index (χ2v) is 14.9. The number of hydrogen-bond acceptors (Lipinski definition) is 9. The summed E-state index contributed by atoms with van der Waals surface area (Å²) in [6.07, 6.45) is 4.57. The van der Waals surface area contributed by atoms with E-state index in [1.807, 2.05) is 6.92 Å². The number of Topliss-reactive ketones (excluding diaryl/α,β-unsaturated/α-hetero) is 1. The number of carboxylic acid groups (broad SMARTS) is 1. The van der Waals surface area contributed by atoms with Gasteiger partial charge in [0.25, 0.3) is 0 Å². The minimum absolute atomic E-state index is 0.00288. The maximum atomic E-state index is 13.5. The van der Waals surface area contributed by atoms with Gasteiger partial charge in [-0.05, 0) is 98.0 Å². The number of carbonyl (C=O) groups is 5. The summed E-state index contributed by atoms with van der Waals surface area (Å²) in [4.78, 5) is 65.5. The minimum atomic E-state index is -1.76. The molecule has 2 aromatic rings. The number of ether oxygens (including phenoxy) is 2. The number of benzene rings is 1. The predicted octanol–water partition coefficient (Wildman–Crippen LogP) is 3.66. The number of allylic oxidation sites excluding steroid dienone is 1. The van der Waals surface area contributed by atoms with Gasteiger partial charge >= 0.3 is 11.9 Å². The summed E-state index contributed by atoms with van der Waals surface area (Å²) in [7, 11) is 1.51. The number of aromatic nitrogens is 1. The number of amides is 1. The Balaban J connectivity index is 1.01. The van der Waals surface area contributed by atoms with Crippen molar-refractivity contribution >= 4 is 40.3 Å². The Morgan fingerprint density at radius 1 is 1.08 bits per heavy atom. The zero-order chi connectivity index (χ0) is 35.3. The molecule has 0 unspecified atom stereocenters. The molecule has 12 heteroatoms. The molecule has 264 valence electrons. The Morgan fingerprint density at radius 3 is 2.59 bits per heavy atom. The fourth-order valence-electron chi connectivity index (χ4n) is 9.91. The van der Waals surface area contributed by atoms with Crippen LogP contribution in [0.5, 0.6) is 5.75 Å². The molecule has 1 amide bonds. The van der Waals surface area contributed by atoms with E-state index in [-0.39, 0.29) is 73.3 Å². The molecule has 0 aliphatic heterocycles. The van der Waals surface area contributed by atoms with Crippen LogP contribution in [-0.2, 0) is 30.3 Å². The zero-order valence-electron chi connectivity index (χ0n) is 28.3. The summed E-state index contributed by atoms with van der Waals surface area (Å²) in [5, 5.41) is 36.5. The van der Waals surface area contributed by atoms with Gasteiger partial charge in [-0.1, -0.05) is 19.4 Å². The molecule has 0 bridgehead atoms. The van der Waals surface area contributed by atoms with Crippen molar-refractivity contribution in [3.8, 4) is 5.75 Å². The van der Waals surface area contributed by atoms with Gasteiger partial charge in [-0.25, -0.2) is 4.79 Å². The highest BCUT2D eigenvalue weighted by Gasteiger charge is 2.68. The van der Waals surface area contributed by atoms with Gasteiger partial charge < -0.3 is 35.1 Å². The molecule has 5 N–H and O–H groups in total. The van der Waals surface area contributed by atoms with Gasteiger partial charge in [0.15, 0.2) is 12.4 Å². The maximum Gasteiger partial charge on any atom is 0.352 e. The standard InChI is InChI=1S/C37H46N2O10/c1-35-13-10-21(40)16-20(35)4-6-24-26-11-14-37(47,36(26,2)18-28(41)32(24)35)29(42)19-49-31(44)9-8-30(43)38-15-12-23-25-17-22(48-3)5-7-27(25)39-33(23)34(45)46/h5,7,16-17,24,26,28,32,39,41,47H,4,6,8-15,18-19H2,1-3H3,(H,38,43)(H,45,46)/t24-,26+,28+,32-,35-,36-,37-/m0/s1. The Labute approximate surface area is 284 Å². The van der Waals surface area contributed by atoms with Gasteiger partial charge in [-0.3, -0.25) is 19.2 Å². The topological polar surface area (TPSA) is 192 Å². The molecule has 0 saturated heterocycles. The van der Waals surface area contributed by atoms with Crippen molar-refractivity contribution in [2.45, 2.75) is 89.8 Å². The number of carboxylic acids is 1. The van der Waals surface area contributed by atoms with E-state index in [1.165, 1.54) is 7.11 Å². The largest absolute Gasteiger partial charge is 0.497 e. The van der Waals surface area contributed by atoms with E-state index in [1.54, 1.807) is 24.3 Å². The SMILES string of the molecule is COc1ccc2[nH]c(C(=O)O)c(CCNC(=O)CCC(=O)OCC(=O)[C@@]3(O)CC[C@@H]4[C@@H]5CCC6=CC(=O)CC[C@]6(C)[C@@H]5[C@H](O)C[C@@]43C)c2c1. The van der Waals surface area contributed by atoms with Crippen molar-refractivity contribution in [2.75, 3.05) is 20.3 Å². The van der Waals surface area contributed by atoms with Crippen molar-refractivity contribution in [2.24, 2.45) is 28.6 Å². The molecule has 4 aliphatic rings. The van der Waals surface area contributed by atoms with E-state index >= 15 is 0 Å². The summed E-state index contributed by atoms with van der Waals surface area (Å²) in [6.45, 7) is 3.53. The van der Waals surface area contributed by atoms with Gasteiger partial charge in [-0.15, -0.1) is 0 Å². The number of aromatic amines is 1. The molecule has 12 nitrogen and oxygen atoms in total. The molecule has 3 fully saturated rings. The first-order valence-corrected chi connectivity index (χ1v) is 17.2. The van der Waals surface area contributed by atoms with Crippen LogP contribution < -0.4 is 10.1 Å². The highest BCUT2D eigenvalue weighted by molar-refractivity contribution is 5.98. The first-order valence-electron chi connectivity index (χ1n) is 17.2. The molecular weight excluding hydrogens is 632 g/mol. The van der Waals surface area contributed by atoms with Gasteiger partial charge in [0.1, 0.15) is 17.0 Å². The second kappa shape index (κ2) is 13.0. The van der Waals surface area contributed by atoms with Crippen molar-refractivity contribution in [1.29, 1.82) is 0 Å². The summed E-state index contributed by atoms with van der Waals surface area (Å²) >= 11 is 0. The Kier molecular flexibility index (Phi) is 9.25. The number of fused-ring (bicyclic) bond motifs is 6. The van der Waals surface area contributed by atoms with Gasteiger partial charge in [0.2, 0.25) is 11.7 Å². The summed E-state index contributed by atoms with van der Waals surface area (Å²) in [5.74, 6) is -2.16. The monoisotopic (exact) mass is 678 g/mol.